The molecule has 6 heteroatoms. The number of nitrogens with zero attached hydrogens (tertiary/aromatic N) is 2. The van der Waals surface area contributed by atoms with Crippen LogP contribution in [-0.2, 0) is 0 Å². The lowest BCUT2D eigenvalue weighted by atomic mass is 10.1. The molecule has 1 aromatic carbocycles. The third kappa shape index (κ3) is 2.67. The third-order valence-corrected chi connectivity index (χ3v) is 2.41. The summed E-state index contributed by atoms with van der Waals surface area (Å²) < 4.78 is 0. The fourth-order valence-electron chi connectivity index (χ4n) is 1.57. The van der Waals surface area contributed by atoms with Gasteiger partial charge in [-0.05, 0) is 24.3 Å². The Kier molecular flexibility index (Phi) is 3.59. The Bertz CT molecular complexity index is 526. The summed E-state index contributed by atoms with van der Waals surface area (Å²) in [5.41, 5.74) is 13.4. The maximum Gasteiger partial charge on any atom is 0.220 e. The average molecular weight is 245 g/mol. The summed E-state index contributed by atoms with van der Waals surface area (Å²) in [6.07, 6.45) is 1.63. The number of hydrogen-bond donors (Lipinski definition) is 4. The van der Waals surface area contributed by atoms with E-state index in [0.29, 0.717) is 18.8 Å². The van der Waals surface area contributed by atoms with E-state index in [1.807, 2.05) is 0 Å². The van der Waals surface area contributed by atoms with Crippen molar-refractivity contribution < 1.29 is 5.11 Å². The normalized spacial score (nSPS) is 10.3. The first-order valence-electron chi connectivity index (χ1n) is 5.56. The Morgan fingerprint density at radius 1 is 1.22 bits per heavy atom. The summed E-state index contributed by atoms with van der Waals surface area (Å²) >= 11 is 0. The molecule has 0 unspecified atom stereocenters. The van der Waals surface area contributed by atoms with Gasteiger partial charge in [0.15, 0.2) is 0 Å². The van der Waals surface area contributed by atoms with Crippen LogP contribution in [-0.4, -0.2) is 28.2 Å². The minimum Gasteiger partial charge on any atom is -0.508 e. The van der Waals surface area contributed by atoms with Crippen molar-refractivity contribution in [3.63, 3.8) is 0 Å². The molecule has 0 amide bonds. The van der Waals surface area contributed by atoms with E-state index < -0.39 is 0 Å². The van der Waals surface area contributed by atoms with Crippen molar-refractivity contribution in [3.8, 4) is 17.0 Å². The van der Waals surface area contributed by atoms with Gasteiger partial charge >= 0.3 is 0 Å². The average Bonchev–Trinajstić information content (AvgIpc) is 2.38. The SMILES string of the molecule is NCCNc1cnc(N)nc1-c1ccc(O)cc1. The van der Waals surface area contributed by atoms with Gasteiger partial charge in [0.2, 0.25) is 5.95 Å². The third-order valence-electron chi connectivity index (χ3n) is 2.41. The van der Waals surface area contributed by atoms with Crippen LogP contribution in [0.1, 0.15) is 0 Å². The summed E-state index contributed by atoms with van der Waals surface area (Å²) in [5, 5.41) is 12.4. The number of phenols is 1. The van der Waals surface area contributed by atoms with Gasteiger partial charge in [-0.15, -0.1) is 0 Å². The zero-order valence-electron chi connectivity index (χ0n) is 9.80. The fraction of sp³-hybridized carbons (Fsp3) is 0.167. The van der Waals surface area contributed by atoms with Gasteiger partial charge in [0.1, 0.15) is 5.75 Å². The van der Waals surface area contributed by atoms with Gasteiger partial charge in [-0.1, -0.05) is 0 Å². The number of rotatable bonds is 4. The highest BCUT2D eigenvalue weighted by atomic mass is 16.3. The molecule has 2 rings (SSSR count). The fourth-order valence-corrected chi connectivity index (χ4v) is 1.57. The van der Waals surface area contributed by atoms with Gasteiger partial charge in [0, 0.05) is 18.7 Å². The number of hydrogen-bond acceptors (Lipinski definition) is 6. The van der Waals surface area contributed by atoms with Crippen molar-refractivity contribution in [1.29, 1.82) is 0 Å². The smallest absolute Gasteiger partial charge is 0.220 e. The van der Waals surface area contributed by atoms with Crippen molar-refractivity contribution in [1.82, 2.24) is 9.97 Å². The number of anilines is 2. The monoisotopic (exact) mass is 245 g/mol. The van der Waals surface area contributed by atoms with Crippen molar-refractivity contribution in [2.75, 3.05) is 24.1 Å². The molecule has 0 saturated carbocycles. The molecule has 0 aliphatic rings. The molecule has 6 N–H and O–H groups in total. The zero-order valence-corrected chi connectivity index (χ0v) is 9.80. The Morgan fingerprint density at radius 3 is 2.61 bits per heavy atom. The van der Waals surface area contributed by atoms with E-state index in [0.717, 1.165) is 11.3 Å². The van der Waals surface area contributed by atoms with E-state index in [2.05, 4.69) is 15.3 Å². The van der Waals surface area contributed by atoms with Crippen LogP contribution in [0.5, 0.6) is 5.75 Å². The molecule has 94 valence electrons. The van der Waals surface area contributed by atoms with Crippen LogP contribution in [0.15, 0.2) is 30.5 Å². The van der Waals surface area contributed by atoms with Crippen molar-refractivity contribution in [2.24, 2.45) is 5.73 Å². The standard InChI is InChI=1S/C12H15N5O/c13-5-6-15-10-7-16-12(14)17-11(10)8-1-3-9(18)4-2-8/h1-4,7,15,18H,5-6,13H2,(H2,14,16,17). The van der Waals surface area contributed by atoms with Crippen LogP contribution in [0.25, 0.3) is 11.3 Å². The first-order valence-corrected chi connectivity index (χ1v) is 5.56. The maximum atomic E-state index is 9.28. The van der Waals surface area contributed by atoms with Gasteiger partial charge in [-0.3, -0.25) is 0 Å². The van der Waals surface area contributed by atoms with E-state index in [1.165, 1.54) is 0 Å². The second-order valence-corrected chi connectivity index (χ2v) is 3.75. The van der Waals surface area contributed by atoms with E-state index in [4.69, 9.17) is 11.5 Å². The summed E-state index contributed by atoms with van der Waals surface area (Å²) in [6, 6.07) is 6.73. The largest absolute Gasteiger partial charge is 0.508 e. The number of nitrogens with one attached hydrogen (secondary N) is 1. The van der Waals surface area contributed by atoms with Gasteiger partial charge in [-0.25, -0.2) is 9.97 Å². The molecule has 0 aliphatic heterocycles. The Labute approximate surface area is 105 Å². The molecule has 0 atom stereocenters. The maximum absolute atomic E-state index is 9.28. The molecule has 1 aromatic heterocycles. The highest BCUT2D eigenvalue weighted by Crippen LogP contribution is 2.27. The minimum atomic E-state index is 0.205. The van der Waals surface area contributed by atoms with Crippen LogP contribution >= 0.6 is 0 Å². The van der Waals surface area contributed by atoms with E-state index in [1.54, 1.807) is 30.5 Å². The summed E-state index contributed by atoms with van der Waals surface area (Å²) in [7, 11) is 0. The van der Waals surface area contributed by atoms with Crippen LogP contribution in [0, 0.1) is 0 Å². The predicted molar refractivity (Wildman–Crippen MR) is 71.1 cm³/mol. The molecule has 0 spiro atoms. The van der Waals surface area contributed by atoms with E-state index in [-0.39, 0.29) is 11.7 Å². The summed E-state index contributed by atoms with van der Waals surface area (Å²) in [5.74, 6) is 0.411. The Balaban J connectivity index is 2.40. The van der Waals surface area contributed by atoms with Crippen LogP contribution in [0.4, 0.5) is 11.6 Å². The highest BCUT2D eigenvalue weighted by Gasteiger charge is 2.08. The molecule has 0 aliphatic carbocycles. The number of nitrogen functional groups attached to an aromatic ring is 1. The van der Waals surface area contributed by atoms with Gasteiger partial charge in [0.05, 0.1) is 17.6 Å². The lowest BCUT2D eigenvalue weighted by Crippen LogP contribution is -2.14. The number of nitrogens with two attached hydrogens (primary N) is 2. The van der Waals surface area contributed by atoms with Crippen LogP contribution < -0.4 is 16.8 Å². The number of aromatic nitrogens is 2. The topological polar surface area (TPSA) is 110 Å². The number of aromatic hydroxyl groups is 1. The molecule has 1 heterocycles. The second kappa shape index (κ2) is 5.33. The Hall–Kier alpha value is -2.34. The molecule has 0 bridgehead atoms. The lowest BCUT2D eigenvalue weighted by Gasteiger charge is -2.10. The second-order valence-electron chi connectivity index (χ2n) is 3.75. The van der Waals surface area contributed by atoms with Crippen molar-refractivity contribution >= 4 is 11.6 Å². The Morgan fingerprint density at radius 2 is 1.94 bits per heavy atom. The molecule has 2 aromatic rings. The molecule has 18 heavy (non-hydrogen) atoms. The summed E-state index contributed by atoms with van der Waals surface area (Å²) in [4.78, 5) is 8.16. The quantitative estimate of drug-likeness (QED) is 0.634. The molecule has 0 fully saturated rings. The number of phenolic OH excluding ortho intramolecular Hbond substituents is 1. The zero-order chi connectivity index (χ0) is 13.0. The molecular weight excluding hydrogens is 230 g/mol. The minimum absolute atomic E-state index is 0.205. The molecule has 0 saturated heterocycles. The van der Waals surface area contributed by atoms with Gasteiger partial charge in [0.25, 0.3) is 0 Å². The van der Waals surface area contributed by atoms with Gasteiger partial charge in [-0.2, -0.15) is 0 Å². The van der Waals surface area contributed by atoms with E-state index in [9.17, 15) is 5.11 Å². The highest BCUT2D eigenvalue weighted by molar-refractivity contribution is 5.74. The first-order chi connectivity index (χ1) is 8.70. The van der Waals surface area contributed by atoms with Crippen molar-refractivity contribution in [2.45, 2.75) is 0 Å². The predicted octanol–water partition coefficient (Wildman–Crippen LogP) is 0.802. The van der Waals surface area contributed by atoms with E-state index >= 15 is 0 Å². The van der Waals surface area contributed by atoms with Crippen molar-refractivity contribution in [3.05, 3.63) is 30.5 Å². The molecule has 0 radical (unpaired) electrons. The number of benzene rings is 1. The molecule has 6 nitrogen and oxygen atoms in total. The first kappa shape index (κ1) is 12.1. The summed E-state index contributed by atoms with van der Waals surface area (Å²) in [6.45, 7) is 1.14. The van der Waals surface area contributed by atoms with Gasteiger partial charge < -0.3 is 21.9 Å². The van der Waals surface area contributed by atoms with Crippen LogP contribution in [0.2, 0.25) is 0 Å². The lowest BCUT2D eigenvalue weighted by molar-refractivity contribution is 0.475. The molecular formula is C12H15N5O. The van der Waals surface area contributed by atoms with Crippen LogP contribution in [0.3, 0.4) is 0 Å².